The number of fused-ring (bicyclic) bond motifs is 1. The van der Waals surface area contributed by atoms with Gasteiger partial charge in [-0.3, -0.25) is 4.72 Å². The monoisotopic (exact) mass is 296 g/mol. The number of anilines is 1. The first kappa shape index (κ1) is 13.2. The van der Waals surface area contributed by atoms with Crippen LogP contribution in [0.4, 0.5) is 5.69 Å². The standard InChI is InChI=1S/C12H16N4O3S/c13-12-11-9(15-20(17,18)16-12)2-1-3-10(11)19-8-4-6-14-7-5-8/h1-3,8,14-15H,4-7H2,(H2,13,16). The molecule has 2 heterocycles. The van der Waals surface area contributed by atoms with Gasteiger partial charge in [-0.1, -0.05) is 6.07 Å². The number of piperidine rings is 1. The molecule has 1 saturated heterocycles. The minimum Gasteiger partial charge on any atom is -0.489 e. The first-order valence-electron chi connectivity index (χ1n) is 6.44. The number of rotatable bonds is 2. The van der Waals surface area contributed by atoms with Crippen molar-refractivity contribution in [2.45, 2.75) is 18.9 Å². The van der Waals surface area contributed by atoms with Crippen LogP contribution in [0.2, 0.25) is 0 Å². The van der Waals surface area contributed by atoms with E-state index in [9.17, 15) is 8.42 Å². The van der Waals surface area contributed by atoms with Crippen molar-refractivity contribution in [1.82, 2.24) is 5.32 Å². The first-order valence-corrected chi connectivity index (χ1v) is 7.88. The van der Waals surface area contributed by atoms with E-state index in [2.05, 4.69) is 14.4 Å². The molecule has 0 aromatic heterocycles. The molecular weight excluding hydrogens is 280 g/mol. The molecule has 0 saturated carbocycles. The molecule has 2 aliphatic heterocycles. The molecule has 1 fully saturated rings. The van der Waals surface area contributed by atoms with Crippen LogP contribution in [0, 0.1) is 0 Å². The van der Waals surface area contributed by atoms with Gasteiger partial charge < -0.3 is 15.8 Å². The zero-order valence-corrected chi connectivity index (χ0v) is 11.6. The van der Waals surface area contributed by atoms with Crippen molar-refractivity contribution in [2.24, 2.45) is 10.1 Å². The molecule has 8 heteroatoms. The number of nitrogens with one attached hydrogen (secondary N) is 2. The molecule has 4 N–H and O–H groups in total. The summed E-state index contributed by atoms with van der Waals surface area (Å²) in [6, 6.07) is 5.16. The largest absolute Gasteiger partial charge is 0.489 e. The minimum absolute atomic E-state index is 0.0386. The Bertz CT molecular complexity index is 651. The molecule has 0 atom stereocenters. The highest BCUT2D eigenvalue weighted by atomic mass is 32.2. The average Bonchev–Trinajstić information content (AvgIpc) is 2.38. The number of hydrogen-bond acceptors (Lipinski definition) is 5. The van der Waals surface area contributed by atoms with Gasteiger partial charge in [0.1, 0.15) is 11.9 Å². The molecule has 0 amide bonds. The molecule has 108 valence electrons. The molecule has 3 rings (SSSR count). The van der Waals surface area contributed by atoms with E-state index in [0.717, 1.165) is 25.9 Å². The van der Waals surface area contributed by atoms with Gasteiger partial charge in [0.15, 0.2) is 5.84 Å². The van der Waals surface area contributed by atoms with Crippen LogP contribution in [0.25, 0.3) is 0 Å². The number of hydrogen-bond donors (Lipinski definition) is 3. The number of amidine groups is 1. The summed E-state index contributed by atoms with van der Waals surface area (Å²) in [6.45, 7) is 1.83. The number of nitrogens with two attached hydrogens (primary N) is 1. The second-order valence-electron chi connectivity index (χ2n) is 4.80. The Morgan fingerprint density at radius 3 is 2.80 bits per heavy atom. The van der Waals surface area contributed by atoms with Gasteiger partial charge in [0, 0.05) is 0 Å². The van der Waals surface area contributed by atoms with Crippen LogP contribution < -0.4 is 20.5 Å². The lowest BCUT2D eigenvalue weighted by atomic mass is 10.1. The summed E-state index contributed by atoms with van der Waals surface area (Å²) < 4.78 is 34.8. The lowest BCUT2D eigenvalue weighted by Gasteiger charge is -2.26. The van der Waals surface area contributed by atoms with Crippen LogP contribution in [-0.4, -0.2) is 33.4 Å². The van der Waals surface area contributed by atoms with Gasteiger partial charge >= 0.3 is 10.2 Å². The Kier molecular flexibility index (Phi) is 3.27. The molecule has 1 aromatic rings. The lowest BCUT2D eigenvalue weighted by Crippen LogP contribution is -2.35. The fraction of sp³-hybridized carbons (Fsp3) is 0.417. The van der Waals surface area contributed by atoms with Gasteiger partial charge in [0.05, 0.1) is 11.3 Å². The van der Waals surface area contributed by atoms with E-state index in [1.807, 2.05) is 0 Å². The minimum atomic E-state index is -3.75. The van der Waals surface area contributed by atoms with Gasteiger partial charge in [0.2, 0.25) is 0 Å². The van der Waals surface area contributed by atoms with Crippen molar-refractivity contribution in [1.29, 1.82) is 0 Å². The number of nitrogens with zero attached hydrogens (tertiary/aromatic N) is 1. The summed E-state index contributed by atoms with van der Waals surface area (Å²) in [6.07, 6.45) is 1.92. The Morgan fingerprint density at radius 2 is 2.05 bits per heavy atom. The molecule has 1 aromatic carbocycles. The van der Waals surface area contributed by atoms with Crippen LogP contribution in [-0.2, 0) is 10.2 Å². The highest BCUT2D eigenvalue weighted by Crippen LogP contribution is 2.31. The van der Waals surface area contributed by atoms with Crippen LogP contribution in [0.3, 0.4) is 0 Å². The van der Waals surface area contributed by atoms with E-state index in [4.69, 9.17) is 10.5 Å². The molecular formula is C12H16N4O3S. The van der Waals surface area contributed by atoms with Crippen molar-refractivity contribution in [3.63, 3.8) is 0 Å². The van der Waals surface area contributed by atoms with Crippen LogP contribution in [0.1, 0.15) is 18.4 Å². The van der Waals surface area contributed by atoms with Crippen molar-refractivity contribution < 1.29 is 13.2 Å². The maximum Gasteiger partial charge on any atom is 0.344 e. The Hall–Kier alpha value is -1.80. The maximum absolute atomic E-state index is 11.5. The van der Waals surface area contributed by atoms with Crippen molar-refractivity contribution >= 4 is 21.7 Å². The zero-order chi connectivity index (χ0) is 14.2. The molecule has 0 bridgehead atoms. The molecule has 0 aliphatic carbocycles. The van der Waals surface area contributed by atoms with Crippen molar-refractivity contribution in [3.05, 3.63) is 23.8 Å². The van der Waals surface area contributed by atoms with Crippen molar-refractivity contribution in [3.8, 4) is 5.75 Å². The summed E-state index contributed by atoms with van der Waals surface area (Å²) in [7, 11) is -3.75. The van der Waals surface area contributed by atoms with Crippen molar-refractivity contribution in [2.75, 3.05) is 17.8 Å². The van der Waals surface area contributed by atoms with Crippen LogP contribution >= 0.6 is 0 Å². The molecule has 0 unspecified atom stereocenters. The molecule has 0 spiro atoms. The molecule has 7 nitrogen and oxygen atoms in total. The van der Waals surface area contributed by atoms with Gasteiger partial charge in [-0.25, -0.2) is 0 Å². The molecule has 20 heavy (non-hydrogen) atoms. The molecule has 2 aliphatic rings. The van der Waals surface area contributed by atoms with E-state index in [1.165, 1.54) is 0 Å². The number of benzene rings is 1. The van der Waals surface area contributed by atoms with Gasteiger partial charge in [-0.15, -0.1) is 4.40 Å². The fourth-order valence-electron chi connectivity index (χ4n) is 2.41. The molecule has 0 radical (unpaired) electrons. The first-order chi connectivity index (χ1) is 9.55. The second-order valence-corrected chi connectivity index (χ2v) is 6.14. The lowest BCUT2D eigenvalue weighted by molar-refractivity contribution is 0.162. The Balaban J connectivity index is 1.94. The number of ether oxygens (including phenoxy) is 1. The summed E-state index contributed by atoms with van der Waals surface area (Å²) in [5.41, 5.74) is 6.69. The fourth-order valence-corrected chi connectivity index (χ4v) is 3.25. The highest BCUT2D eigenvalue weighted by Gasteiger charge is 2.25. The van der Waals surface area contributed by atoms with Gasteiger partial charge in [-0.05, 0) is 38.1 Å². The quantitative estimate of drug-likeness (QED) is 0.722. The second kappa shape index (κ2) is 4.95. The third kappa shape index (κ3) is 2.56. The maximum atomic E-state index is 11.5. The average molecular weight is 296 g/mol. The summed E-state index contributed by atoms with van der Waals surface area (Å²) in [5, 5.41) is 3.26. The van der Waals surface area contributed by atoms with E-state index in [-0.39, 0.29) is 11.9 Å². The summed E-state index contributed by atoms with van der Waals surface area (Å²) in [4.78, 5) is 0. The normalized spacial score (nSPS) is 21.5. The van der Waals surface area contributed by atoms with E-state index in [0.29, 0.717) is 17.0 Å². The Morgan fingerprint density at radius 1 is 1.30 bits per heavy atom. The van der Waals surface area contributed by atoms with Crippen LogP contribution in [0.15, 0.2) is 22.6 Å². The van der Waals surface area contributed by atoms with E-state index in [1.54, 1.807) is 18.2 Å². The van der Waals surface area contributed by atoms with E-state index < -0.39 is 10.2 Å². The van der Waals surface area contributed by atoms with Gasteiger partial charge in [-0.2, -0.15) is 8.42 Å². The van der Waals surface area contributed by atoms with E-state index >= 15 is 0 Å². The predicted molar refractivity (Wildman–Crippen MR) is 76.2 cm³/mol. The topological polar surface area (TPSA) is 106 Å². The summed E-state index contributed by atoms with van der Waals surface area (Å²) >= 11 is 0. The van der Waals surface area contributed by atoms with Gasteiger partial charge in [0.25, 0.3) is 0 Å². The SMILES string of the molecule is NC1=NS(=O)(=O)Nc2cccc(OC3CCNCC3)c21. The third-order valence-corrected chi connectivity index (χ3v) is 4.23. The smallest absolute Gasteiger partial charge is 0.344 e. The highest BCUT2D eigenvalue weighted by molar-refractivity contribution is 7.91. The summed E-state index contributed by atoms with van der Waals surface area (Å²) in [5.74, 6) is 0.529. The zero-order valence-electron chi connectivity index (χ0n) is 10.8. The van der Waals surface area contributed by atoms with Crippen LogP contribution in [0.5, 0.6) is 5.75 Å². The third-order valence-electron chi connectivity index (χ3n) is 3.32. The predicted octanol–water partition coefficient (Wildman–Crippen LogP) is 0.193. The Labute approximate surface area is 117 Å².